The largest absolute Gasteiger partial charge is 0.403 e. The summed E-state index contributed by atoms with van der Waals surface area (Å²) in [5, 5.41) is 0. The van der Waals surface area contributed by atoms with Crippen molar-refractivity contribution in [2.75, 3.05) is 13.6 Å². The number of benzene rings is 1. The minimum Gasteiger partial charge on any atom is -0.403 e. The van der Waals surface area contributed by atoms with Crippen molar-refractivity contribution in [2.45, 2.75) is 27.2 Å². The van der Waals surface area contributed by atoms with Gasteiger partial charge in [0.05, 0.1) is 5.92 Å². The molecule has 1 aromatic rings. The van der Waals surface area contributed by atoms with E-state index >= 15 is 0 Å². The first kappa shape index (κ1) is 24.5. The fraction of sp³-hybridized carbons (Fsp3) is 0.259. The molecule has 0 saturated heterocycles. The number of terminal acetylenes is 1. The van der Waals surface area contributed by atoms with Crippen molar-refractivity contribution in [3.8, 4) is 12.3 Å². The monoisotopic (exact) mass is 427 g/mol. The summed E-state index contributed by atoms with van der Waals surface area (Å²) in [4.78, 5) is 10.8. The number of allylic oxidation sites excluding steroid dienone is 4. The summed E-state index contributed by atoms with van der Waals surface area (Å²) in [6, 6.07) is 10.3. The van der Waals surface area contributed by atoms with Gasteiger partial charge in [-0.25, -0.2) is 0 Å². The van der Waals surface area contributed by atoms with Crippen LogP contribution in [0, 0.1) is 18.3 Å². The van der Waals surface area contributed by atoms with E-state index in [0.29, 0.717) is 11.3 Å². The van der Waals surface area contributed by atoms with Gasteiger partial charge in [0.15, 0.2) is 0 Å². The first-order chi connectivity index (χ1) is 15.4. The van der Waals surface area contributed by atoms with Crippen molar-refractivity contribution in [1.82, 2.24) is 4.90 Å². The maximum Gasteiger partial charge on any atom is 0.0743 e. The molecule has 1 aliphatic heterocycles. The average molecular weight is 428 g/mol. The van der Waals surface area contributed by atoms with Crippen LogP contribution in [0.1, 0.15) is 32.8 Å². The Hall–Kier alpha value is -3.78. The summed E-state index contributed by atoms with van der Waals surface area (Å²) in [6.07, 6.45) is 13.6. The Morgan fingerprint density at radius 1 is 1.34 bits per heavy atom. The van der Waals surface area contributed by atoms with E-state index in [9.17, 15) is 0 Å². The lowest BCUT2D eigenvalue weighted by Gasteiger charge is -2.28. The fourth-order valence-corrected chi connectivity index (χ4v) is 3.83. The second-order valence-corrected chi connectivity index (χ2v) is 7.67. The third-order valence-electron chi connectivity index (χ3n) is 5.50. The van der Waals surface area contributed by atoms with Crippen molar-refractivity contribution >= 4 is 18.0 Å². The van der Waals surface area contributed by atoms with Gasteiger partial charge in [-0.05, 0) is 45.2 Å². The minimum absolute atomic E-state index is 0.400. The summed E-state index contributed by atoms with van der Waals surface area (Å²) in [5.74, 6) is 2.38. The molecule has 1 aliphatic rings. The van der Waals surface area contributed by atoms with Crippen LogP contribution in [0.2, 0.25) is 0 Å². The van der Waals surface area contributed by atoms with Gasteiger partial charge >= 0.3 is 0 Å². The summed E-state index contributed by atoms with van der Waals surface area (Å²) in [7, 11) is 1.95. The van der Waals surface area contributed by atoms with E-state index in [2.05, 4.69) is 36.7 Å². The van der Waals surface area contributed by atoms with E-state index in [-0.39, 0.29) is 0 Å². The molecule has 32 heavy (non-hydrogen) atoms. The van der Waals surface area contributed by atoms with Crippen LogP contribution in [-0.2, 0) is 0 Å². The van der Waals surface area contributed by atoms with Crippen LogP contribution < -0.4 is 11.5 Å². The van der Waals surface area contributed by atoms with Gasteiger partial charge in [-0.1, -0.05) is 41.8 Å². The molecule has 5 heteroatoms. The highest BCUT2D eigenvalue weighted by Crippen LogP contribution is 2.31. The molecule has 1 unspecified atom stereocenters. The number of hydrogen-bond donors (Lipinski definition) is 2. The smallest absolute Gasteiger partial charge is 0.0743 e. The van der Waals surface area contributed by atoms with Crippen LogP contribution in [0.4, 0.5) is 0 Å². The number of hydrogen-bond acceptors (Lipinski definition) is 5. The van der Waals surface area contributed by atoms with Crippen LogP contribution in [0.5, 0.6) is 0 Å². The number of aliphatic imine (C=N–C) groups is 2. The highest BCUT2D eigenvalue weighted by atomic mass is 15.1. The maximum absolute atomic E-state index is 6.27. The van der Waals surface area contributed by atoms with Gasteiger partial charge < -0.3 is 16.4 Å². The third-order valence-corrected chi connectivity index (χ3v) is 5.50. The number of nitrogens with zero attached hydrogens (tertiary/aromatic N) is 3. The van der Waals surface area contributed by atoms with Crippen molar-refractivity contribution < 1.29 is 0 Å². The fourth-order valence-electron chi connectivity index (χ4n) is 3.83. The maximum atomic E-state index is 6.27. The Morgan fingerprint density at radius 2 is 2.03 bits per heavy atom. The zero-order valence-electron chi connectivity index (χ0n) is 19.5. The highest BCUT2D eigenvalue weighted by molar-refractivity contribution is 6.24. The second kappa shape index (κ2) is 11.6. The first-order valence-corrected chi connectivity index (χ1v) is 10.6. The molecule has 0 aliphatic carbocycles. The normalized spacial score (nSPS) is 17.7. The lowest BCUT2D eigenvalue weighted by Crippen LogP contribution is -2.28. The van der Waals surface area contributed by atoms with Crippen molar-refractivity contribution in [3.63, 3.8) is 0 Å². The first-order valence-electron chi connectivity index (χ1n) is 10.6. The zero-order valence-corrected chi connectivity index (χ0v) is 19.5. The quantitative estimate of drug-likeness (QED) is 0.469. The van der Waals surface area contributed by atoms with E-state index in [1.807, 2.05) is 56.1 Å². The predicted molar refractivity (Wildman–Crippen MR) is 138 cm³/mol. The summed E-state index contributed by atoms with van der Waals surface area (Å²) in [5.41, 5.74) is 19.6. The topological polar surface area (TPSA) is 80.0 Å². The summed E-state index contributed by atoms with van der Waals surface area (Å²) in [6.45, 7) is 10.6. The lowest BCUT2D eigenvalue weighted by molar-refractivity contribution is 0.405. The molecule has 0 bridgehead atoms. The van der Waals surface area contributed by atoms with Gasteiger partial charge in [-0.15, -0.1) is 6.42 Å². The number of rotatable bonds is 8. The molecule has 0 amide bonds. The molecule has 5 nitrogen and oxygen atoms in total. The molecule has 166 valence electrons. The Morgan fingerprint density at radius 3 is 2.56 bits per heavy atom. The van der Waals surface area contributed by atoms with Crippen molar-refractivity contribution in [2.24, 2.45) is 27.4 Å². The van der Waals surface area contributed by atoms with E-state index in [0.717, 1.165) is 30.1 Å². The lowest BCUT2D eigenvalue weighted by atomic mass is 9.90. The van der Waals surface area contributed by atoms with Gasteiger partial charge in [0.25, 0.3) is 0 Å². The summed E-state index contributed by atoms with van der Waals surface area (Å²) >= 11 is 0. The second-order valence-electron chi connectivity index (χ2n) is 7.67. The van der Waals surface area contributed by atoms with E-state index < -0.39 is 5.92 Å². The van der Waals surface area contributed by atoms with E-state index in [1.54, 1.807) is 6.20 Å². The Kier molecular flexibility index (Phi) is 8.85. The number of dihydropyridines is 1. The third kappa shape index (κ3) is 5.67. The van der Waals surface area contributed by atoms with Crippen LogP contribution in [-0.4, -0.2) is 30.9 Å². The van der Waals surface area contributed by atoms with Crippen molar-refractivity contribution in [1.29, 1.82) is 0 Å². The predicted octanol–water partition coefficient (Wildman–Crippen LogP) is 4.64. The van der Waals surface area contributed by atoms with Gasteiger partial charge in [-0.3, -0.25) is 9.98 Å². The Labute approximate surface area is 192 Å². The Balaban J connectivity index is 2.46. The average Bonchev–Trinajstić information content (AvgIpc) is 2.80. The SMILES string of the molecule is C#C/C(=C\C=C1/CC(C)=C(c2ccccc2)C(C)=N1)C(/C(N)=C/N)/C(=C/N=C)N(C)CC. The molecule has 0 aromatic heterocycles. The van der Waals surface area contributed by atoms with Crippen LogP contribution in [0.3, 0.4) is 0 Å². The van der Waals surface area contributed by atoms with E-state index in [1.165, 1.54) is 22.9 Å². The molecular formula is C27H33N5. The zero-order chi connectivity index (χ0) is 23.7. The molecule has 1 heterocycles. The van der Waals surface area contributed by atoms with Crippen LogP contribution in [0.15, 0.2) is 93.1 Å². The Bertz CT molecular complexity index is 1060. The molecule has 4 N–H and O–H groups in total. The molecule has 0 radical (unpaired) electrons. The standard InChI is InChI=1S/C27H33N5/c1-7-21(27(24(29)17-28)25(18-30-5)32(6)8-2)14-15-23-16-19(3)26(20(4)31-23)22-12-10-9-11-13-22/h1,9-15,17-18,27H,5,8,16,28-29H2,2-4,6H3/b21-14+,23-15+,24-17-,25-18-. The molecule has 1 aromatic carbocycles. The van der Waals surface area contributed by atoms with Crippen molar-refractivity contribution in [3.05, 3.63) is 88.7 Å². The van der Waals surface area contributed by atoms with Gasteiger partial charge in [0.2, 0.25) is 0 Å². The molecule has 2 rings (SSSR count). The van der Waals surface area contributed by atoms with Gasteiger partial charge in [-0.2, -0.15) is 0 Å². The van der Waals surface area contributed by atoms with Gasteiger partial charge in [0.1, 0.15) is 0 Å². The molecule has 0 spiro atoms. The molecular weight excluding hydrogens is 394 g/mol. The highest BCUT2D eigenvalue weighted by Gasteiger charge is 2.23. The van der Waals surface area contributed by atoms with Crippen LogP contribution >= 0.6 is 0 Å². The minimum atomic E-state index is -0.400. The molecule has 0 saturated carbocycles. The number of nitrogens with two attached hydrogens (primary N) is 2. The van der Waals surface area contributed by atoms with E-state index in [4.69, 9.17) is 22.9 Å². The molecule has 1 atom stereocenters. The molecule has 0 fully saturated rings. The van der Waals surface area contributed by atoms with Gasteiger partial charge in [0, 0.05) is 66.4 Å². The summed E-state index contributed by atoms with van der Waals surface area (Å²) < 4.78 is 0. The van der Waals surface area contributed by atoms with Crippen LogP contribution in [0.25, 0.3) is 5.57 Å².